The number of hydrogen-bond donors (Lipinski definition) is 3. The SMILES string of the molecule is O=C(O)NCCc1cc2c(=O)[nH]cnc2s1. The molecule has 0 aliphatic carbocycles. The summed E-state index contributed by atoms with van der Waals surface area (Å²) in [6, 6.07) is 1.75. The van der Waals surface area contributed by atoms with Gasteiger partial charge in [0.2, 0.25) is 0 Å². The number of nitrogens with zero attached hydrogens (tertiary/aromatic N) is 1. The van der Waals surface area contributed by atoms with Crippen molar-refractivity contribution in [3.63, 3.8) is 0 Å². The van der Waals surface area contributed by atoms with Crippen molar-refractivity contribution in [3.8, 4) is 0 Å². The highest BCUT2D eigenvalue weighted by Gasteiger charge is 2.05. The van der Waals surface area contributed by atoms with Crippen LogP contribution < -0.4 is 10.9 Å². The molecule has 84 valence electrons. The zero-order valence-corrected chi connectivity index (χ0v) is 9.00. The molecule has 2 aromatic rings. The number of thiophene rings is 1. The Kier molecular flexibility index (Phi) is 2.86. The molecule has 0 saturated heterocycles. The third-order valence-electron chi connectivity index (χ3n) is 2.03. The fourth-order valence-corrected chi connectivity index (χ4v) is 2.33. The lowest BCUT2D eigenvalue weighted by Crippen LogP contribution is -2.22. The summed E-state index contributed by atoms with van der Waals surface area (Å²) >= 11 is 1.40. The van der Waals surface area contributed by atoms with Crippen molar-refractivity contribution in [2.24, 2.45) is 0 Å². The normalized spacial score (nSPS) is 10.5. The van der Waals surface area contributed by atoms with Crippen LogP contribution in [0.3, 0.4) is 0 Å². The maximum Gasteiger partial charge on any atom is 0.404 e. The molecule has 0 aliphatic heterocycles. The van der Waals surface area contributed by atoms with Crippen molar-refractivity contribution in [2.75, 3.05) is 6.54 Å². The van der Waals surface area contributed by atoms with E-state index >= 15 is 0 Å². The second kappa shape index (κ2) is 4.31. The highest BCUT2D eigenvalue weighted by molar-refractivity contribution is 7.18. The lowest BCUT2D eigenvalue weighted by molar-refractivity contribution is 0.194. The van der Waals surface area contributed by atoms with Gasteiger partial charge in [-0.1, -0.05) is 0 Å². The van der Waals surface area contributed by atoms with E-state index in [9.17, 15) is 9.59 Å². The maximum atomic E-state index is 11.4. The van der Waals surface area contributed by atoms with E-state index in [1.165, 1.54) is 17.7 Å². The summed E-state index contributed by atoms with van der Waals surface area (Å²) in [7, 11) is 0. The summed E-state index contributed by atoms with van der Waals surface area (Å²) in [6.45, 7) is 0.333. The molecule has 0 bridgehead atoms. The second-order valence-corrected chi connectivity index (χ2v) is 4.26. The number of aromatic amines is 1. The smallest absolute Gasteiger partial charge is 0.404 e. The van der Waals surface area contributed by atoms with E-state index in [-0.39, 0.29) is 5.56 Å². The largest absolute Gasteiger partial charge is 0.465 e. The summed E-state index contributed by atoms with van der Waals surface area (Å²) in [6.07, 6.45) is 0.879. The molecule has 0 saturated carbocycles. The van der Waals surface area contributed by atoms with Crippen LogP contribution in [0, 0.1) is 0 Å². The molecule has 16 heavy (non-hydrogen) atoms. The van der Waals surface area contributed by atoms with Gasteiger partial charge in [-0.2, -0.15) is 0 Å². The van der Waals surface area contributed by atoms with Crippen LogP contribution >= 0.6 is 11.3 Å². The number of carbonyl (C=O) groups is 1. The Morgan fingerprint density at radius 2 is 2.44 bits per heavy atom. The number of aromatic nitrogens is 2. The quantitative estimate of drug-likeness (QED) is 0.738. The Bertz CT molecular complexity index is 575. The predicted molar refractivity (Wildman–Crippen MR) is 60.0 cm³/mol. The molecule has 6 nitrogen and oxygen atoms in total. The minimum absolute atomic E-state index is 0.168. The average Bonchev–Trinajstić information content (AvgIpc) is 2.61. The van der Waals surface area contributed by atoms with Crippen molar-refractivity contribution in [1.82, 2.24) is 15.3 Å². The Balaban J connectivity index is 2.17. The van der Waals surface area contributed by atoms with E-state index in [2.05, 4.69) is 15.3 Å². The van der Waals surface area contributed by atoms with Crippen LogP contribution in [-0.4, -0.2) is 27.7 Å². The van der Waals surface area contributed by atoms with Crippen LogP contribution in [0.15, 0.2) is 17.2 Å². The van der Waals surface area contributed by atoms with E-state index in [1.54, 1.807) is 6.07 Å². The van der Waals surface area contributed by atoms with E-state index < -0.39 is 6.09 Å². The molecule has 0 fully saturated rings. The molecule has 0 radical (unpaired) electrons. The molecular formula is C9H9N3O3S. The second-order valence-electron chi connectivity index (χ2n) is 3.15. The number of hydrogen-bond acceptors (Lipinski definition) is 4. The molecule has 2 heterocycles. The first-order valence-corrected chi connectivity index (χ1v) is 5.41. The fourth-order valence-electron chi connectivity index (χ4n) is 1.33. The van der Waals surface area contributed by atoms with Crippen molar-refractivity contribution in [2.45, 2.75) is 6.42 Å². The Morgan fingerprint density at radius 1 is 1.62 bits per heavy atom. The minimum atomic E-state index is -1.04. The van der Waals surface area contributed by atoms with Crippen molar-refractivity contribution >= 4 is 27.6 Å². The maximum absolute atomic E-state index is 11.4. The van der Waals surface area contributed by atoms with Gasteiger partial charge in [-0.25, -0.2) is 9.78 Å². The molecule has 1 amide bonds. The van der Waals surface area contributed by atoms with Crippen LogP contribution in [0.4, 0.5) is 4.79 Å². The lowest BCUT2D eigenvalue weighted by Gasteiger charge is -1.96. The topological polar surface area (TPSA) is 95.1 Å². The van der Waals surface area contributed by atoms with Gasteiger partial charge in [0, 0.05) is 11.4 Å². The molecular weight excluding hydrogens is 230 g/mol. The Hall–Kier alpha value is -1.89. The minimum Gasteiger partial charge on any atom is -0.465 e. The van der Waals surface area contributed by atoms with Gasteiger partial charge in [0.1, 0.15) is 4.83 Å². The van der Waals surface area contributed by atoms with Crippen molar-refractivity contribution in [3.05, 3.63) is 27.6 Å². The monoisotopic (exact) mass is 239 g/mol. The third-order valence-corrected chi connectivity index (χ3v) is 3.14. The Labute approximate surface area is 94.0 Å². The standard InChI is InChI=1S/C9H9N3O3S/c13-7-6-3-5(1-2-10-9(14)15)16-8(6)12-4-11-7/h3-4,10H,1-2H2,(H,14,15)(H,11,12,13). The van der Waals surface area contributed by atoms with Gasteiger partial charge in [-0.15, -0.1) is 11.3 Å². The zero-order valence-electron chi connectivity index (χ0n) is 8.19. The van der Waals surface area contributed by atoms with Gasteiger partial charge >= 0.3 is 6.09 Å². The van der Waals surface area contributed by atoms with Crippen LogP contribution in [0.1, 0.15) is 4.88 Å². The summed E-state index contributed by atoms with van der Waals surface area (Å²) in [4.78, 5) is 29.8. The van der Waals surface area contributed by atoms with E-state index in [0.717, 1.165) is 4.88 Å². The number of carboxylic acid groups (broad SMARTS) is 1. The first kappa shape index (κ1) is 10.6. The predicted octanol–water partition coefficient (Wildman–Crippen LogP) is 0.795. The molecule has 0 aliphatic rings. The first-order valence-electron chi connectivity index (χ1n) is 4.60. The van der Waals surface area contributed by atoms with Crippen LogP contribution in [0.2, 0.25) is 0 Å². The first-order chi connectivity index (χ1) is 7.66. The summed E-state index contributed by atoms with van der Waals surface area (Å²) in [5.74, 6) is 0. The molecule has 2 aromatic heterocycles. The molecule has 0 aromatic carbocycles. The van der Waals surface area contributed by atoms with Crippen LogP contribution in [0.25, 0.3) is 10.2 Å². The summed E-state index contributed by atoms with van der Waals surface area (Å²) < 4.78 is 0. The third kappa shape index (κ3) is 2.19. The van der Waals surface area contributed by atoms with Gasteiger partial charge in [0.05, 0.1) is 11.7 Å². The summed E-state index contributed by atoms with van der Waals surface area (Å²) in [5.41, 5.74) is -0.168. The fraction of sp³-hybridized carbons (Fsp3) is 0.222. The molecule has 3 N–H and O–H groups in total. The van der Waals surface area contributed by atoms with Gasteiger partial charge in [0.25, 0.3) is 5.56 Å². The highest BCUT2D eigenvalue weighted by Crippen LogP contribution is 2.20. The van der Waals surface area contributed by atoms with Gasteiger partial charge in [0.15, 0.2) is 0 Å². The molecule has 7 heteroatoms. The summed E-state index contributed by atoms with van der Waals surface area (Å²) in [5, 5.41) is 11.2. The number of nitrogens with one attached hydrogen (secondary N) is 2. The van der Waals surface area contributed by atoms with Crippen molar-refractivity contribution in [1.29, 1.82) is 0 Å². The Morgan fingerprint density at radius 3 is 3.12 bits per heavy atom. The number of fused-ring (bicyclic) bond motifs is 1. The van der Waals surface area contributed by atoms with E-state index in [1.807, 2.05) is 0 Å². The molecule has 0 unspecified atom stereocenters. The van der Waals surface area contributed by atoms with Crippen molar-refractivity contribution < 1.29 is 9.90 Å². The molecule has 0 spiro atoms. The lowest BCUT2D eigenvalue weighted by atomic mass is 10.3. The van der Waals surface area contributed by atoms with Gasteiger partial charge in [-0.3, -0.25) is 4.79 Å². The van der Waals surface area contributed by atoms with E-state index in [4.69, 9.17) is 5.11 Å². The van der Waals surface area contributed by atoms with Crippen LogP contribution in [-0.2, 0) is 6.42 Å². The van der Waals surface area contributed by atoms with Crippen LogP contribution in [0.5, 0.6) is 0 Å². The molecule has 2 rings (SSSR count). The number of amides is 1. The highest BCUT2D eigenvalue weighted by atomic mass is 32.1. The molecule has 0 atom stereocenters. The van der Waals surface area contributed by atoms with Gasteiger partial charge < -0.3 is 15.4 Å². The zero-order chi connectivity index (χ0) is 11.5. The van der Waals surface area contributed by atoms with Gasteiger partial charge in [-0.05, 0) is 12.5 Å². The average molecular weight is 239 g/mol. The number of H-pyrrole nitrogens is 1. The number of rotatable bonds is 3. The van der Waals surface area contributed by atoms with E-state index in [0.29, 0.717) is 23.2 Å².